The molecular formula is C24H17BrCl2N4O2. The number of carbonyl (C=O) groups excluding carboxylic acids is 2. The molecule has 0 saturated heterocycles. The topological polar surface area (TPSA) is 69.8 Å². The van der Waals surface area contributed by atoms with E-state index in [2.05, 4.69) is 26.1 Å². The normalized spacial score (nSPS) is 10.8. The molecule has 0 amide bonds. The van der Waals surface area contributed by atoms with E-state index in [0.717, 1.165) is 50.0 Å². The maximum absolute atomic E-state index is 11.2. The molecule has 0 aliphatic carbocycles. The van der Waals surface area contributed by atoms with Gasteiger partial charge in [-0.15, -0.1) is 0 Å². The second kappa shape index (κ2) is 9.47. The number of halogens is 3. The van der Waals surface area contributed by atoms with Gasteiger partial charge < -0.3 is 0 Å². The van der Waals surface area contributed by atoms with Crippen LogP contribution in [0.2, 0.25) is 10.0 Å². The number of hydrogen-bond donors (Lipinski definition) is 0. The minimum atomic E-state index is 0.548. The molecule has 0 aliphatic rings. The van der Waals surface area contributed by atoms with Crippen molar-refractivity contribution in [2.45, 2.75) is 0 Å². The van der Waals surface area contributed by atoms with Crippen molar-refractivity contribution in [1.29, 1.82) is 0 Å². The molecule has 0 atom stereocenters. The molecular weight excluding hydrogens is 527 g/mol. The molecule has 0 N–H and O–H groups in total. The van der Waals surface area contributed by atoms with Crippen molar-refractivity contribution in [2.24, 2.45) is 14.1 Å². The highest BCUT2D eigenvalue weighted by Crippen LogP contribution is 2.35. The molecule has 2 aromatic heterocycles. The van der Waals surface area contributed by atoms with Crippen molar-refractivity contribution < 1.29 is 9.59 Å². The van der Waals surface area contributed by atoms with Crippen LogP contribution in [-0.2, 0) is 14.1 Å². The molecule has 0 saturated carbocycles. The van der Waals surface area contributed by atoms with Gasteiger partial charge in [-0.1, -0.05) is 59.6 Å². The van der Waals surface area contributed by atoms with Crippen LogP contribution in [-0.4, -0.2) is 32.1 Å². The molecule has 33 heavy (non-hydrogen) atoms. The average Bonchev–Trinajstić information content (AvgIpc) is 3.30. The Balaban J connectivity index is 0.000000172. The fourth-order valence-electron chi connectivity index (χ4n) is 3.64. The highest BCUT2D eigenvalue weighted by atomic mass is 79.9. The van der Waals surface area contributed by atoms with Crippen LogP contribution in [0.25, 0.3) is 32.9 Å². The van der Waals surface area contributed by atoms with Gasteiger partial charge >= 0.3 is 0 Å². The number of benzene rings is 3. The SMILES string of the molecule is Cn1nc2c(-c3ccc(Cl)cc3Cl)cccc2c1C=O.Cn1nc2c(Br)cccc2c1C=O. The summed E-state index contributed by atoms with van der Waals surface area (Å²) in [4.78, 5) is 21.9. The summed E-state index contributed by atoms with van der Waals surface area (Å²) in [6.07, 6.45) is 1.63. The predicted molar refractivity (Wildman–Crippen MR) is 135 cm³/mol. The minimum Gasteiger partial charge on any atom is -0.296 e. The maximum atomic E-state index is 11.2. The van der Waals surface area contributed by atoms with Crippen LogP contribution in [0.3, 0.4) is 0 Å². The minimum absolute atomic E-state index is 0.548. The van der Waals surface area contributed by atoms with Crippen molar-refractivity contribution in [3.05, 3.63) is 80.5 Å². The lowest BCUT2D eigenvalue weighted by Crippen LogP contribution is -1.95. The standard InChI is InChI=1S/C15H10Cl2N2O.C9H7BrN2O/c1-19-14(8-20)12-4-2-3-11(15(12)18-19)10-6-5-9(16)7-13(10)17;1-12-8(5-13)6-3-2-4-7(10)9(6)11-12/h2-8H,1H3;2-5H,1H3. The van der Waals surface area contributed by atoms with Crippen molar-refractivity contribution in [2.75, 3.05) is 0 Å². The number of nitrogens with zero attached hydrogens (tertiary/aromatic N) is 4. The number of carbonyl (C=O) groups is 2. The van der Waals surface area contributed by atoms with Gasteiger partial charge in [0.25, 0.3) is 0 Å². The summed E-state index contributed by atoms with van der Waals surface area (Å²) in [6.45, 7) is 0. The summed E-state index contributed by atoms with van der Waals surface area (Å²) in [5.41, 5.74) is 4.46. The van der Waals surface area contributed by atoms with Crippen LogP contribution in [0.15, 0.2) is 59.1 Å². The third kappa shape index (κ3) is 4.31. The quantitative estimate of drug-likeness (QED) is 0.243. The summed E-state index contributed by atoms with van der Waals surface area (Å²) in [6, 6.07) is 16.7. The number of fused-ring (bicyclic) bond motifs is 2. The molecule has 3 aromatic carbocycles. The fraction of sp³-hybridized carbons (Fsp3) is 0.0833. The van der Waals surface area contributed by atoms with E-state index in [-0.39, 0.29) is 0 Å². The molecule has 5 aromatic rings. The largest absolute Gasteiger partial charge is 0.296 e. The second-order valence-corrected chi connectivity index (χ2v) is 8.91. The predicted octanol–water partition coefficient (Wildman–Crippen LogP) is 6.51. The first-order valence-corrected chi connectivity index (χ1v) is 11.3. The van der Waals surface area contributed by atoms with Crippen molar-refractivity contribution in [3.63, 3.8) is 0 Å². The lowest BCUT2D eigenvalue weighted by atomic mass is 10.0. The average molecular weight is 544 g/mol. The van der Waals surface area contributed by atoms with Crippen LogP contribution in [0, 0.1) is 0 Å². The smallest absolute Gasteiger partial charge is 0.168 e. The van der Waals surface area contributed by atoms with Gasteiger partial charge in [0.2, 0.25) is 0 Å². The summed E-state index contributed by atoms with van der Waals surface area (Å²) < 4.78 is 4.07. The fourth-order valence-corrected chi connectivity index (χ4v) is 4.60. The van der Waals surface area contributed by atoms with Gasteiger partial charge in [-0.25, -0.2) is 0 Å². The van der Waals surface area contributed by atoms with E-state index in [1.54, 1.807) is 35.6 Å². The van der Waals surface area contributed by atoms with Crippen LogP contribution >= 0.6 is 39.1 Å². The molecule has 0 aliphatic heterocycles. The lowest BCUT2D eigenvalue weighted by molar-refractivity contribution is 0.110. The summed E-state index contributed by atoms with van der Waals surface area (Å²) in [5.74, 6) is 0. The summed E-state index contributed by atoms with van der Waals surface area (Å²) in [5, 5.41) is 11.5. The van der Waals surface area contributed by atoms with Crippen molar-refractivity contribution in [1.82, 2.24) is 19.6 Å². The zero-order valence-corrected chi connectivity index (χ0v) is 20.7. The maximum Gasteiger partial charge on any atom is 0.168 e. The van der Waals surface area contributed by atoms with E-state index in [1.165, 1.54) is 0 Å². The number of aromatic nitrogens is 4. The van der Waals surface area contributed by atoms with Gasteiger partial charge in [-0.05, 0) is 34.1 Å². The van der Waals surface area contributed by atoms with E-state index in [4.69, 9.17) is 23.2 Å². The third-order valence-corrected chi connectivity index (χ3v) is 6.40. The summed E-state index contributed by atoms with van der Waals surface area (Å²) in [7, 11) is 3.51. The van der Waals surface area contributed by atoms with E-state index in [0.29, 0.717) is 21.4 Å². The van der Waals surface area contributed by atoms with Gasteiger partial charge in [-0.3, -0.25) is 19.0 Å². The Hall–Kier alpha value is -3.00. The first-order chi connectivity index (χ1) is 15.8. The molecule has 9 heteroatoms. The molecule has 5 rings (SSSR count). The van der Waals surface area contributed by atoms with Crippen molar-refractivity contribution >= 4 is 73.5 Å². The molecule has 0 radical (unpaired) electrons. The van der Waals surface area contributed by atoms with Gasteiger partial charge in [0, 0.05) is 50.5 Å². The zero-order chi connectivity index (χ0) is 23.7. The molecule has 0 fully saturated rings. The highest BCUT2D eigenvalue weighted by molar-refractivity contribution is 9.10. The zero-order valence-electron chi connectivity index (χ0n) is 17.6. The molecule has 0 bridgehead atoms. The monoisotopic (exact) mass is 542 g/mol. The molecule has 166 valence electrons. The summed E-state index contributed by atoms with van der Waals surface area (Å²) >= 11 is 15.6. The molecule has 6 nitrogen and oxygen atoms in total. The Bertz CT molecular complexity index is 1520. The van der Waals surface area contributed by atoms with Gasteiger partial charge in [-0.2, -0.15) is 10.2 Å². The van der Waals surface area contributed by atoms with E-state index < -0.39 is 0 Å². The van der Waals surface area contributed by atoms with Crippen LogP contribution < -0.4 is 0 Å². The van der Waals surface area contributed by atoms with E-state index in [1.807, 2.05) is 42.5 Å². The Morgan fingerprint density at radius 3 is 1.97 bits per heavy atom. The van der Waals surface area contributed by atoms with Crippen LogP contribution in [0.1, 0.15) is 21.0 Å². The van der Waals surface area contributed by atoms with Crippen LogP contribution in [0.5, 0.6) is 0 Å². The Morgan fingerprint density at radius 1 is 0.788 bits per heavy atom. The Morgan fingerprint density at radius 2 is 1.36 bits per heavy atom. The highest BCUT2D eigenvalue weighted by Gasteiger charge is 2.14. The first-order valence-electron chi connectivity index (χ1n) is 9.78. The molecule has 0 unspecified atom stereocenters. The van der Waals surface area contributed by atoms with Gasteiger partial charge in [0.05, 0.1) is 0 Å². The number of hydrogen-bond acceptors (Lipinski definition) is 4. The molecule has 2 heterocycles. The number of aryl methyl sites for hydroxylation is 2. The van der Waals surface area contributed by atoms with Crippen LogP contribution in [0.4, 0.5) is 0 Å². The second-order valence-electron chi connectivity index (χ2n) is 7.22. The number of aldehydes is 2. The molecule has 0 spiro atoms. The van der Waals surface area contributed by atoms with E-state index >= 15 is 0 Å². The van der Waals surface area contributed by atoms with Crippen molar-refractivity contribution in [3.8, 4) is 11.1 Å². The lowest BCUT2D eigenvalue weighted by Gasteiger charge is -2.05. The van der Waals surface area contributed by atoms with Gasteiger partial charge in [0.1, 0.15) is 22.4 Å². The Labute approximate surface area is 207 Å². The Kier molecular flexibility index (Phi) is 6.65. The van der Waals surface area contributed by atoms with Gasteiger partial charge in [0.15, 0.2) is 12.6 Å². The first kappa shape index (κ1) is 23.2. The third-order valence-electron chi connectivity index (χ3n) is 5.22. The van der Waals surface area contributed by atoms with E-state index in [9.17, 15) is 9.59 Å². The number of rotatable bonds is 3.